The van der Waals surface area contributed by atoms with Crippen LogP contribution in [0.2, 0.25) is 5.02 Å². The standard InChI is InChI=1S/C17H20ClNS/c1-13(10-15-4-3-5-16(18)11-15)19-12-14-6-8-17(20-2)9-7-14/h3-9,11,13,19H,10,12H2,1-2H3. The Bertz CT molecular complexity index is 539. The molecule has 0 aliphatic carbocycles. The minimum atomic E-state index is 0.425. The van der Waals surface area contributed by atoms with Gasteiger partial charge in [-0.15, -0.1) is 11.8 Å². The molecule has 1 nitrogen and oxygen atoms in total. The fraction of sp³-hybridized carbons (Fsp3) is 0.294. The van der Waals surface area contributed by atoms with Crippen molar-refractivity contribution < 1.29 is 0 Å². The van der Waals surface area contributed by atoms with Crippen molar-refractivity contribution in [1.82, 2.24) is 5.32 Å². The van der Waals surface area contributed by atoms with Gasteiger partial charge in [0.2, 0.25) is 0 Å². The van der Waals surface area contributed by atoms with Crippen molar-refractivity contribution in [2.45, 2.75) is 30.8 Å². The van der Waals surface area contributed by atoms with Crippen LogP contribution in [0, 0.1) is 0 Å². The number of halogens is 1. The second-order valence-corrected chi connectivity index (χ2v) is 6.28. The Kier molecular flexibility index (Phi) is 5.96. The predicted molar refractivity (Wildman–Crippen MR) is 89.7 cm³/mol. The van der Waals surface area contributed by atoms with Gasteiger partial charge in [0.1, 0.15) is 0 Å². The van der Waals surface area contributed by atoms with Crippen molar-refractivity contribution in [3.05, 3.63) is 64.7 Å². The maximum atomic E-state index is 6.01. The fourth-order valence-corrected chi connectivity index (χ4v) is 2.75. The molecule has 0 amide bonds. The van der Waals surface area contributed by atoms with Crippen molar-refractivity contribution in [2.75, 3.05) is 6.26 Å². The molecule has 2 aromatic rings. The zero-order chi connectivity index (χ0) is 14.4. The Hall–Kier alpha value is -0.960. The lowest BCUT2D eigenvalue weighted by Gasteiger charge is -2.14. The van der Waals surface area contributed by atoms with Gasteiger partial charge < -0.3 is 5.32 Å². The van der Waals surface area contributed by atoms with Gasteiger partial charge in [-0.05, 0) is 55.0 Å². The zero-order valence-corrected chi connectivity index (χ0v) is 13.5. The van der Waals surface area contributed by atoms with Gasteiger partial charge in [0, 0.05) is 22.5 Å². The van der Waals surface area contributed by atoms with Crippen LogP contribution in [-0.2, 0) is 13.0 Å². The summed E-state index contributed by atoms with van der Waals surface area (Å²) in [4.78, 5) is 1.31. The van der Waals surface area contributed by atoms with E-state index in [1.165, 1.54) is 16.0 Å². The van der Waals surface area contributed by atoms with Crippen molar-refractivity contribution in [3.63, 3.8) is 0 Å². The molecule has 0 bridgehead atoms. The van der Waals surface area contributed by atoms with E-state index in [-0.39, 0.29) is 0 Å². The minimum Gasteiger partial charge on any atom is -0.310 e. The monoisotopic (exact) mass is 305 g/mol. The van der Waals surface area contributed by atoms with E-state index < -0.39 is 0 Å². The molecule has 106 valence electrons. The highest BCUT2D eigenvalue weighted by molar-refractivity contribution is 7.98. The molecule has 0 fully saturated rings. The number of benzene rings is 2. The molecule has 2 aromatic carbocycles. The number of nitrogens with one attached hydrogen (secondary N) is 1. The normalized spacial score (nSPS) is 12.3. The fourth-order valence-electron chi connectivity index (χ4n) is 2.13. The summed E-state index contributed by atoms with van der Waals surface area (Å²) in [5.74, 6) is 0. The predicted octanol–water partition coefficient (Wildman–Crippen LogP) is 4.78. The van der Waals surface area contributed by atoms with Gasteiger partial charge in [0.05, 0.1) is 0 Å². The zero-order valence-electron chi connectivity index (χ0n) is 11.9. The van der Waals surface area contributed by atoms with Crippen molar-refractivity contribution in [3.8, 4) is 0 Å². The van der Waals surface area contributed by atoms with Crippen LogP contribution >= 0.6 is 23.4 Å². The summed E-state index contributed by atoms with van der Waals surface area (Å²) in [5, 5.41) is 4.36. The molecule has 3 heteroatoms. The highest BCUT2D eigenvalue weighted by atomic mass is 35.5. The third kappa shape index (κ3) is 4.86. The van der Waals surface area contributed by atoms with E-state index >= 15 is 0 Å². The molecule has 0 radical (unpaired) electrons. The molecule has 1 unspecified atom stereocenters. The Balaban J connectivity index is 1.83. The molecular weight excluding hydrogens is 286 g/mol. The lowest BCUT2D eigenvalue weighted by atomic mass is 10.1. The summed E-state index contributed by atoms with van der Waals surface area (Å²) in [6, 6.07) is 17.2. The summed E-state index contributed by atoms with van der Waals surface area (Å²) in [6.45, 7) is 3.10. The van der Waals surface area contributed by atoms with Crippen LogP contribution in [0.1, 0.15) is 18.1 Å². The molecule has 0 aliphatic heterocycles. The molecule has 0 aliphatic rings. The van der Waals surface area contributed by atoms with Crippen LogP contribution in [0.4, 0.5) is 0 Å². The van der Waals surface area contributed by atoms with E-state index in [4.69, 9.17) is 11.6 Å². The molecule has 0 aromatic heterocycles. The van der Waals surface area contributed by atoms with Crippen LogP contribution in [0.15, 0.2) is 53.4 Å². The summed E-state index contributed by atoms with van der Waals surface area (Å²) < 4.78 is 0. The summed E-state index contributed by atoms with van der Waals surface area (Å²) in [6.07, 6.45) is 3.09. The van der Waals surface area contributed by atoms with E-state index in [1.54, 1.807) is 11.8 Å². The molecule has 0 saturated heterocycles. The molecule has 1 atom stereocenters. The van der Waals surface area contributed by atoms with Gasteiger partial charge in [-0.25, -0.2) is 0 Å². The van der Waals surface area contributed by atoms with Crippen LogP contribution in [0.3, 0.4) is 0 Å². The van der Waals surface area contributed by atoms with Gasteiger partial charge in [-0.2, -0.15) is 0 Å². The minimum absolute atomic E-state index is 0.425. The highest BCUT2D eigenvalue weighted by Gasteiger charge is 2.04. The van der Waals surface area contributed by atoms with Crippen molar-refractivity contribution in [1.29, 1.82) is 0 Å². The first-order valence-electron chi connectivity index (χ1n) is 6.78. The molecule has 2 rings (SSSR count). The topological polar surface area (TPSA) is 12.0 Å². The van der Waals surface area contributed by atoms with E-state index in [2.05, 4.69) is 48.8 Å². The molecule has 0 spiro atoms. The molecule has 0 heterocycles. The van der Waals surface area contributed by atoms with E-state index in [0.717, 1.165) is 18.0 Å². The number of hydrogen-bond donors (Lipinski definition) is 1. The quantitative estimate of drug-likeness (QED) is 0.771. The van der Waals surface area contributed by atoms with Gasteiger partial charge in [-0.3, -0.25) is 0 Å². The first-order chi connectivity index (χ1) is 9.67. The highest BCUT2D eigenvalue weighted by Crippen LogP contribution is 2.15. The van der Waals surface area contributed by atoms with E-state index in [1.807, 2.05) is 18.2 Å². The van der Waals surface area contributed by atoms with Crippen LogP contribution in [0.25, 0.3) is 0 Å². The van der Waals surface area contributed by atoms with Gasteiger partial charge in [-0.1, -0.05) is 35.9 Å². The second-order valence-electron chi connectivity index (χ2n) is 4.96. The maximum Gasteiger partial charge on any atom is 0.0408 e. The van der Waals surface area contributed by atoms with Gasteiger partial charge in [0.25, 0.3) is 0 Å². The van der Waals surface area contributed by atoms with Crippen LogP contribution in [0.5, 0.6) is 0 Å². The average Bonchev–Trinajstić information content (AvgIpc) is 2.46. The Morgan fingerprint density at radius 1 is 1.10 bits per heavy atom. The third-order valence-corrected chi connectivity index (χ3v) is 4.22. The van der Waals surface area contributed by atoms with Gasteiger partial charge >= 0.3 is 0 Å². The lowest BCUT2D eigenvalue weighted by molar-refractivity contribution is 0.545. The average molecular weight is 306 g/mol. The second kappa shape index (κ2) is 7.72. The van der Waals surface area contributed by atoms with E-state index in [9.17, 15) is 0 Å². The SMILES string of the molecule is CSc1ccc(CNC(C)Cc2cccc(Cl)c2)cc1. The first-order valence-corrected chi connectivity index (χ1v) is 8.38. The molecule has 20 heavy (non-hydrogen) atoms. The Morgan fingerprint density at radius 3 is 2.50 bits per heavy atom. The summed E-state index contributed by atoms with van der Waals surface area (Å²) in [5.41, 5.74) is 2.59. The third-order valence-electron chi connectivity index (χ3n) is 3.24. The van der Waals surface area contributed by atoms with Crippen molar-refractivity contribution in [2.24, 2.45) is 0 Å². The smallest absolute Gasteiger partial charge is 0.0408 e. The Morgan fingerprint density at radius 2 is 1.85 bits per heavy atom. The Labute approximate surface area is 130 Å². The molecule has 1 N–H and O–H groups in total. The van der Waals surface area contributed by atoms with Crippen LogP contribution in [-0.4, -0.2) is 12.3 Å². The lowest BCUT2D eigenvalue weighted by Crippen LogP contribution is -2.27. The first kappa shape index (κ1) is 15.4. The number of thioether (sulfide) groups is 1. The number of hydrogen-bond acceptors (Lipinski definition) is 2. The number of rotatable bonds is 6. The molecule has 0 saturated carbocycles. The largest absolute Gasteiger partial charge is 0.310 e. The summed E-state index contributed by atoms with van der Waals surface area (Å²) in [7, 11) is 0. The van der Waals surface area contributed by atoms with E-state index in [0.29, 0.717) is 6.04 Å². The summed E-state index contributed by atoms with van der Waals surface area (Å²) >= 11 is 7.78. The molecular formula is C17H20ClNS. The van der Waals surface area contributed by atoms with Gasteiger partial charge in [0.15, 0.2) is 0 Å². The van der Waals surface area contributed by atoms with Crippen molar-refractivity contribution >= 4 is 23.4 Å². The van der Waals surface area contributed by atoms with Crippen LogP contribution < -0.4 is 5.32 Å². The maximum absolute atomic E-state index is 6.01.